The van der Waals surface area contributed by atoms with E-state index in [9.17, 15) is 17.6 Å². The fourth-order valence-corrected chi connectivity index (χ4v) is 5.15. The van der Waals surface area contributed by atoms with Crippen LogP contribution in [0.5, 0.6) is 0 Å². The molecule has 0 bridgehead atoms. The van der Waals surface area contributed by atoms with Crippen LogP contribution in [0.4, 0.5) is 4.39 Å². The molecule has 0 atom stereocenters. The summed E-state index contributed by atoms with van der Waals surface area (Å²) in [6, 6.07) is 9.19. The quantitative estimate of drug-likeness (QED) is 0.693. The Morgan fingerprint density at radius 1 is 1.21 bits per heavy atom. The second kappa shape index (κ2) is 9.49. The zero-order chi connectivity index (χ0) is 20.0. The van der Waals surface area contributed by atoms with Crippen LogP contribution >= 0.6 is 11.8 Å². The largest absolute Gasteiger partial charge is 0.355 e. The Morgan fingerprint density at radius 3 is 2.57 bits per heavy atom. The molecule has 3 rings (SSSR count). The molecule has 0 saturated carbocycles. The average Bonchev–Trinajstić information content (AvgIpc) is 2.73. The summed E-state index contributed by atoms with van der Waals surface area (Å²) in [6.45, 7) is 1.40. The summed E-state index contributed by atoms with van der Waals surface area (Å²) >= 11 is 1.35. The maximum absolute atomic E-state index is 12.9. The number of hydrogen-bond donors (Lipinski definition) is 1. The number of pyridine rings is 1. The first-order valence-electron chi connectivity index (χ1n) is 9.00. The van der Waals surface area contributed by atoms with E-state index >= 15 is 0 Å². The molecule has 1 fully saturated rings. The summed E-state index contributed by atoms with van der Waals surface area (Å²) in [5.41, 5.74) is 0. The van der Waals surface area contributed by atoms with Crippen molar-refractivity contribution >= 4 is 27.7 Å². The molecular formula is C19H22FN3O3S2. The molecule has 1 N–H and O–H groups in total. The van der Waals surface area contributed by atoms with Crippen LogP contribution in [-0.4, -0.2) is 49.0 Å². The lowest BCUT2D eigenvalue weighted by Gasteiger charge is -2.31. The first-order valence-corrected chi connectivity index (χ1v) is 11.4. The number of nitrogens with one attached hydrogen (secondary N) is 1. The second-order valence-corrected chi connectivity index (χ2v) is 9.57. The van der Waals surface area contributed by atoms with Crippen LogP contribution in [0.25, 0.3) is 0 Å². The summed E-state index contributed by atoms with van der Waals surface area (Å²) in [5, 5.41) is 2.91. The number of thioether (sulfide) groups is 1. The molecule has 1 aliphatic rings. The van der Waals surface area contributed by atoms with Gasteiger partial charge in [0.25, 0.3) is 0 Å². The lowest BCUT2D eigenvalue weighted by Crippen LogP contribution is -2.41. The molecule has 1 aliphatic heterocycles. The van der Waals surface area contributed by atoms with Gasteiger partial charge in [0.05, 0.1) is 5.75 Å². The van der Waals surface area contributed by atoms with E-state index in [1.807, 2.05) is 0 Å². The van der Waals surface area contributed by atoms with Crippen molar-refractivity contribution in [2.75, 3.05) is 25.4 Å². The van der Waals surface area contributed by atoms with Crippen LogP contribution in [0, 0.1) is 11.7 Å². The molecule has 1 amide bonds. The Kier molecular flexibility index (Phi) is 7.03. The van der Waals surface area contributed by atoms with Gasteiger partial charge in [0.2, 0.25) is 15.9 Å². The molecular weight excluding hydrogens is 401 g/mol. The van der Waals surface area contributed by atoms with Crippen molar-refractivity contribution < 1.29 is 17.6 Å². The van der Waals surface area contributed by atoms with Gasteiger partial charge in [0.1, 0.15) is 10.7 Å². The smallest absolute Gasteiger partial charge is 0.244 e. The number of aromatic nitrogens is 1. The first-order chi connectivity index (χ1) is 13.4. The van der Waals surface area contributed by atoms with Crippen molar-refractivity contribution in [2.24, 2.45) is 5.92 Å². The van der Waals surface area contributed by atoms with Crippen LogP contribution in [0.2, 0.25) is 0 Å². The first kappa shape index (κ1) is 20.8. The third kappa shape index (κ3) is 5.52. The van der Waals surface area contributed by atoms with E-state index in [-0.39, 0.29) is 28.3 Å². The Morgan fingerprint density at radius 2 is 1.93 bits per heavy atom. The lowest BCUT2D eigenvalue weighted by atomic mass is 9.98. The maximum atomic E-state index is 12.9. The van der Waals surface area contributed by atoms with E-state index in [2.05, 4.69) is 10.3 Å². The molecule has 2 aromatic rings. The highest BCUT2D eigenvalue weighted by Gasteiger charge is 2.29. The number of halogens is 1. The van der Waals surface area contributed by atoms with Crippen LogP contribution in [0.1, 0.15) is 12.8 Å². The molecule has 1 saturated heterocycles. The maximum Gasteiger partial charge on any atom is 0.244 e. The van der Waals surface area contributed by atoms with Crippen LogP contribution in [-0.2, 0) is 14.8 Å². The standard InChI is InChI=1S/C19H22FN3O3S2/c20-16-3-5-17(6-4-16)27-14-19(24)22-12-15-7-10-23(11-8-15)28(25,26)18-2-1-9-21-13-18/h1-6,9,13,15H,7-8,10-12,14H2,(H,22,24). The van der Waals surface area contributed by atoms with Crippen molar-refractivity contribution in [1.29, 1.82) is 0 Å². The summed E-state index contributed by atoms with van der Waals surface area (Å²) in [6.07, 6.45) is 4.30. The second-order valence-electron chi connectivity index (χ2n) is 6.58. The number of amides is 1. The van der Waals surface area contributed by atoms with E-state index < -0.39 is 10.0 Å². The van der Waals surface area contributed by atoms with Crippen molar-refractivity contribution in [3.05, 3.63) is 54.6 Å². The Bertz CT molecular complexity index is 884. The van der Waals surface area contributed by atoms with Crippen LogP contribution < -0.4 is 5.32 Å². The number of piperidine rings is 1. The van der Waals surface area contributed by atoms with Gasteiger partial charge in [-0.25, -0.2) is 12.8 Å². The minimum atomic E-state index is -3.51. The number of rotatable bonds is 7. The van der Waals surface area contributed by atoms with Crippen molar-refractivity contribution in [2.45, 2.75) is 22.6 Å². The van der Waals surface area contributed by atoms with E-state index in [1.54, 1.807) is 30.5 Å². The SMILES string of the molecule is O=C(CSc1ccc(F)cc1)NCC1CCN(S(=O)(=O)c2cccnc2)CC1. The van der Waals surface area contributed by atoms with E-state index in [0.29, 0.717) is 32.5 Å². The highest BCUT2D eigenvalue weighted by molar-refractivity contribution is 8.00. The zero-order valence-corrected chi connectivity index (χ0v) is 16.9. The number of hydrogen-bond acceptors (Lipinski definition) is 5. The van der Waals surface area contributed by atoms with E-state index in [4.69, 9.17) is 0 Å². The fraction of sp³-hybridized carbons (Fsp3) is 0.368. The summed E-state index contributed by atoms with van der Waals surface area (Å²) in [7, 11) is -3.51. The van der Waals surface area contributed by atoms with Gasteiger partial charge in [-0.3, -0.25) is 9.78 Å². The minimum absolute atomic E-state index is 0.0836. The van der Waals surface area contributed by atoms with Gasteiger partial charge in [0.15, 0.2) is 0 Å². The number of benzene rings is 1. The molecule has 1 aromatic carbocycles. The number of carbonyl (C=O) groups excluding carboxylic acids is 1. The van der Waals surface area contributed by atoms with Gasteiger partial charge < -0.3 is 5.32 Å². The molecule has 150 valence electrons. The minimum Gasteiger partial charge on any atom is -0.355 e. The zero-order valence-electron chi connectivity index (χ0n) is 15.3. The fourth-order valence-electron chi connectivity index (χ4n) is 2.99. The summed E-state index contributed by atoms with van der Waals surface area (Å²) in [4.78, 5) is 16.9. The third-order valence-corrected chi connectivity index (χ3v) is 7.51. The monoisotopic (exact) mass is 423 g/mol. The third-order valence-electron chi connectivity index (χ3n) is 4.62. The molecule has 1 aromatic heterocycles. The van der Waals surface area contributed by atoms with Gasteiger partial charge in [-0.2, -0.15) is 4.31 Å². The predicted molar refractivity (Wildman–Crippen MR) is 106 cm³/mol. The van der Waals surface area contributed by atoms with Gasteiger partial charge in [-0.1, -0.05) is 0 Å². The van der Waals surface area contributed by atoms with Crippen molar-refractivity contribution in [1.82, 2.24) is 14.6 Å². The molecule has 28 heavy (non-hydrogen) atoms. The van der Waals surface area contributed by atoms with Crippen LogP contribution in [0.3, 0.4) is 0 Å². The highest BCUT2D eigenvalue weighted by atomic mass is 32.2. The van der Waals surface area contributed by atoms with Crippen molar-refractivity contribution in [3.63, 3.8) is 0 Å². The summed E-state index contributed by atoms with van der Waals surface area (Å²) in [5.74, 6) is 0.130. The predicted octanol–water partition coefficient (Wildman–Crippen LogP) is 2.53. The molecule has 0 spiro atoms. The summed E-state index contributed by atoms with van der Waals surface area (Å²) < 4.78 is 39.5. The molecule has 2 heterocycles. The Labute approximate surface area is 168 Å². The topological polar surface area (TPSA) is 79.4 Å². The Balaban J connectivity index is 1.40. The lowest BCUT2D eigenvalue weighted by molar-refractivity contribution is -0.118. The van der Waals surface area contributed by atoms with Gasteiger partial charge in [0, 0.05) is 36.9 Å². The van der Waals surface area contributed by atoms with Gasteiger partial charge in [-0.15, -0.1) is 11.8 Å². The molecule has 6 nitrogen and oxygen atoms in total. The van der Waals surface area contributed by atoms with Gasteiger partial charge >= 0.3 is 0 Å². The van der Waals surface area contributed by atoms with Gasteiger partial charge in [-0.05, 0) is 55.2 Å². The number of carbonyl (C=O) groups is 1. The Hall–Kier alpha value is -1.97. The molecule has 0 aliphatic carbocycles. The average molecular weight is 424 g/mol. The van der Waals surface area contributed by atoms with E-state index in [1.165, 1.54) is 34.4 Å². The van der Waals surface area contributed by atoms with Crippen LogP contribution in [0.15, 0.2) is 58.6 Å². The molecule has 0 unspecified atom stereocenters. The highest BCUT2D eigenvalue weighted by Crippen LogP contribution is 2.23. The van der Waals surface area contributed by atoms with E-state index in [0.717, 1.165) is 4.90 Å². The number of sulfonamides is 1. The molecule has 9 heteroatoms. The normalized spacial score (nSPS) is 16.0. The molecule has 0 radical (unpaired) electrons. The van der Waals surface area contributed by atoms with Crippen molar-refractivity contribution in [3.8, 4) is 0 Å². The number of nitrogens with zero attached hydrogens (tertiary/aromatic N) is 2.